The van der Waals surface area contributed by atoms with Crippen molar-refractivity contribution in [3.8, 4) is 0 Å². The van der Waals surface area contributed by atoms with Gasteiger partial charge in [0.25, 0.3) is 0 Å². The largest absolute Gasteiger partial charge is 0.316 e. The predicted octanol–water partition coefficient (Wildman–Crippen LogP) is 5.37. The molecule has 0 aliphatic heterocycles. The molecule has 0 aromatic heterocycles. The molecular weight excluding hydrogens is 242 g/mol. The molecule has 1 N–H and O–H groups in total. The summed E-state index contributed by atoms with van der Waals surface area (Å²) in [6.07, 6.45) is 12.3. The summed E-state index contributed by atoms with van der Waals surface area (Å²) in [5, 5.41) is 3.56. The van der Waals surface area contributed by atoms with Crippen molar-refractivity contribution >= 4 is 11.6 Å². The van der Waals surface area contributed by atoms with E-state index in [1.807, 2.05) is 0 Å². The normalized spacial score (nSPS) is 12.0. The number of halogens is 1. The summed E-state index contributed by atoms with van der Waals surface area (Å²) in [6.45, 7) is 9.11. The highest BCUT2D eigenvalue weighted by molar-refractivity contribution is 6.17. The Hall–Kier alpha value is 0.250. The van der Waals surface area contributed by atoms with Gasteiger partial charge in [-0.1, -0.05) is 65.7 Å². The molecule has 0 spiro atoms. The van der Waals surface area contributed by atoms with Crippen molar-refractivity contribution < 1.29 is 0 Å². The lowest BCUT2D eigenvalue weighted by molar-refractivity contribution is 0.329. The molecule has 0 atom stereocenters. The van der Waals surface area contributed by atoms with Gasteiger partial charge in [0.2, 0.25) is 0 Å². The summed E-state index contributed by atoms with van der Waals surface area (Å²) in [7, 11) is 0. The summed E-state index contributed by atoms with van der Waals surface area (Å²) in [5.74, 6) is 0.770. The van der Waals surface area contributed by atoms with Crippen molar-refractivity contribution in [3.63, 3.8) is 0 Å². The van der Waals surface area contributed by atoms with E-state index in [4.69, 9.17) is 11.6 Å². The number of unbranched alkanes of at least 4 members (excludes halogenated alkanes) is 7. The zero-order valence-corrected chi connectivity index (χ0v) is 13.6. The monoisotopic (exact) mass is 275 g/mol. The Bertz CT molecular complexity index is 168. The Labute approximate surface area is 120 Å². The zero-order chi connectivity index (χ0) is 13.7. The lowest BCUT2D eigenvalue weighted by Gasteiger charge is -2.23. The van der Waals surface area contributed by atoms with Crippen molar-refractivity contribution in [2.75, 3.05) is 19.0 Å². The van der Waals surface area contributed by atoms with Crippen LogP contribution in [0.15, 0.2) is 0 Å². The van der Waals surface area contributed by atoms with Crippen LogP contribution in [-0.2, 0) is 0 Å². The van der Waals surface area contributed by atoms with E-state index in [1.54, 1.807) is 0 Å². The second-order valence-electron chi connectivity index (χ2n) is 6.25. The molecule has 18 heavy (non-hydrogen) atoms. The van der Waals surface area contributed by atoms with E-state index in [1.165, 1.54) is 57.9 Å². The maximum Gasteiger partial charge on any atom is 0.0229 e. The molecule has 0 bridgehead atoms. The number of rotatable bonds is 13. The van der Waals surface area contributed by atoms with Crippen molar-refractivity contribution in [3.05, 3.63) is 0 Å². The minimum Gasteiger partial charge on any atom is -0.316 e. The van der Waals surface area contributed by atoms with Crippen molar-refractivity contribution in [2.45, 2.75) is 78.6 Å². The fraction of sp³-hybridized carbons (Fsp3) is 1.00. The highest BCUT2D eigenvalue weighted by atomic mass is 35.5. The fourth-order valence-corrected chi connectivity index (χ4v) is 2.67. The molecule has 0 amide bonds. The molecule has 0 radical (unpaired) electrons. The number of nitrogens with one attached hydrogen (secondary N) is 1. The van der Waals surface area contributed by atoms with Crippen LogP contribution < -0.4 is 5.32 Å². The van der Waals surface area contributed by atoms with Gasteiger partial charge in [-0.25, -0.2) is 0 Å². The predicted molar refractivity (Wildman–Crippen MR) is 84.6 cm³/mol. The van der Waals surface area contributed by atoms with E-state index in [0.717, 1.165) is 18.8 Å². The molecule has 0 heterocycles. The zero-order valence-electron chi connectivity index (χ0n) is 12.9. The summed E-state index contributed by atoms with van der Waals surface area (Å²) in [5.41, 5.74) is 0.349. The molecule has 0 saturated carbocycles. The SMILES string of the molecule is CCCCCCCCCCNCC(C)(C)CCCl. The summed E-state index contributed by atoms with van der Waals surface area (Å²) in [4.78, 5) is 0. The lowest BCUT2D eigenvalue weighted by atomic mass is 9.90. The minimum atomic E-state index is 0.349. The van der Waals surface area contributed by atoms with Crippen LogP contribution in [-0.4, -0.2) is 19.0 Å². The van der Waals surface area contributed by atoms with E-state index in [0.29, 0.717) is 5.41 Å². The molecule has 110 valence electrons. The summed E-state index contributed by atoms with van der Waals surface area (Å²) < 4.78 is 0. The smallest absolute Gasteiger partial charge is 0.0229 e. The first kappa shape index (κ1) is 18.2. The van der Waals surface area contributed by atoms with Gasteiger partial charge in [0.1, 0.15) is 0 Å². The second kappa shape index (κ2) is 12.3. The number of hydrogen-bond acceptors (Lipinski definition) is 1. The van der Waals surface area contributed by atoms with E-state index >= 15 is 0 Å². The van der Waals surface area contributed by atoms with Crippen LogP contribution in [0.2, 0.25) is 0 Å². The van der Waals surface area contributed by atoms with E-state index in [2.05, 4.69) is 26.1 Å². The van der Waals surface area contributed by atoms with Gasteiger partial charge in [0.15, 0.2) is 0 Å². The van der Waals surface area contributed by atoms with Gasteiger partial charge in [-0.3, -0.25) is 0 Å². The molecule has 0 unspecified atom stereocenters. The molecule has 0 fully saturated rings. The molecule has 0 aromatic carbocycles. The van der Waals surface area contributed by atoms with E-state index < -0.39 is 0 Å². The first-order chi connectivity index (χ1) is 8.62. The lowest BCUT2D eigenvalue weighted by Crippen LogP contribution is -2.30. The van der Waals surface area contributed by atoms with Gasteiger partial charge in [-0.15, -0.1) is 11.6 Å². The third-order valence-corrected chi connectivity index (χ3v) is 3.77. The molecule has 0 rings (SSSR count). The third-order valence-electron chi connectivity index (χ3n) is 3.58. The van der Waals surface area contributed by atoms with Crippen LogP contribution in [0.25, 0.3) is 0 Å². The fourth-order valence-electron chi connectivity index (χ4n) is 2.15. The highest BCUT2D eigenvalue weighted by Gasteiger charge is 2.15. The Morgan fingerprint density at radius 1 is 0.889 bits per heavy atom. The van der Waals surface area contributed by atoms with Gasteiger partial charge in [0, 0.05) is 12.4 Å². The Balaban J connectivity index is 3.16. The van der Waals surface area contributed by atoms with Gasteiger partial charge >= 0.3 is 0 Å². The molecule has 0 aliphatic rings. The molecule has 0 saturated heterocycles. The van der Waals surface area contributed by atoms with Crippen molar-refractivity contribution in [2.24, 2.45) is 5.41 Å². The second-order valence-corrected chi connectivity index (χ2v) is 6.63. The average molecular weight is 276 g/mol. The van der Waals surface area contributed by atoms with Crippen LogP contribution >= 0.6 is 11.6 Å². The summed E-state index contributed by atoms with van der Waals surface area (Å²) >= 11 is 5.79. The maximum atomic E-state index is 5.79. The molecule has 0 aliphatic carbocycles. The van der Waals surface area contributed by atoms with Gasteiger partial charge in [-0.05, 0) is 24.8 Å². The topological polar surface area (TPSA) is 12.0 Å². The average Bonchev–Trinajstić information content (AvgIpc) is 2.31. The molecule has 0 aromatic rings. The van der Waals surface area contributed by atoms with Gasteiger partial charge < -0.3 is 5.32 Å². The van der Waals surface area contributed by atoms with Crippen LogP contribution in [0.3, 0.4) is 0 Å². The first-order valence-electron chi connectivity index (χ1n) is 7.89. The molecular formula is C16H34ClN. The Morgan fingerprint density at radius 3 is 2.00 bits per heavy atom. The van der Waals surface area contributed by atoms with Crippen molar-refractivity contribution in [1.29, 1.82) is 0 Å². The van der Waals surface area contributed by atoms with Gasteiger partial charge in [0.05, 0.1) is 0 Å². The quantitative estimate of drug-likeness (QED) is 0.352. The van der Waals surface area contributed by atoms with Crippen LogP contribution in [0, 0.1) is 5.41 Å². The van der Waals surface area contributed by atoms with E-state index in [-0.39, 0.29) is 0 Å². The van der Waals surface area contributed by atoms with Gasteiger partial charge in [-0.2, -0.15) is 0 Å². The van der Waals surface area contributed by atoms with Crippen molar-refractivity contribution in [1.82, 2.24) is 5.32 Å². The van der Waals surface area contributed by atoms with Crippen LogP contribution in [0.5, 0.6) is 0 Å². The molecule has 2 heteroatoms. The van der Waals surface area contributed by atoms with Crippen LogP contribution in [0.4, 0.5) is 0 Å². The molecule has 1 nitrogen and oxygen atoms in total. The highest BCUT2D eigenvalue weighted by Crippen LogP contribution is 2.19. The minimum absolute atomic E-state index is 0.349. The standard InChI is InChI=1S/C16H34ClN/c1-4-5-6-7-8-9-10-11-14-18-15-16(2,3)12-13-17/h18H,4-15H2,1-3H3. The Morgan fingerprint density at radius 2 is 1.44 bits per heavy atom. The number of hydrogen-bond donors (Lipinski definition) is 1. The first-order valence-corrected chi connectivity index (χ1v) is 8.42. The third kappa shape index (κ3) is 12.7. The van der Waals surface area contributed by atoms with E-state index in [9.17, 15) is 0 Å². The Kier molecular flexibility index (Phi) is 12.5. The summed E-state index contributed by atoms with van der Waals surface area (Å²) in [6, 6.07) is 0. The number of alkyl halides is 1. The maximum absolute atomic E-state index is 5.79. The van der Waals surface area contributed by atoms with Crippen LogP contribution in [0.1, 0.15) is 78.6 Å².